The number of benzene rings is 1. The summed E-state index contributed by atoms with van der Waals surface area (Å²) in [6.07, 6.45) is 2.85. The summed E-state index contributed by atoms with van der Waals surface area (Å²) in [5.41, 5.74) is 11.1. The molecular weight excluding hydrogens is 298 g/mol. The van der Waals surface area contributed by atoms with Crippen molar-refractivity contribution >= 4 is 29.2 Å². The largest absolute Gasteiger partial charge is 0.350 e. The molecule has 22 heavy (non-hydrogen) atoms. The lowest BCUT2D eigenvalue weighted by atomic mass is 10.0. The second kappa shape index (κ2) is 6.31. The Balaban J connectivity index is 0.00000176. The summed E-state index contributed by atoms with van der Waals surface area (Å²) in [5, 5.41) is 4.29. The van der Waals surface area contributed by atoms with Crippen LogP contribution in [-0.2, 0) is 0 Å². The van der Waals surface area contributed by atoms with Crippen LogP contribution in [-0.4, -0.2) is 23.0 Å². The van der Waals surface area contributed by atoms with Gasteiger partial charge in [0.15, 0.2) is 0 Å². The zero-order chi connectivity index (χ0) is 15.1. The first-order chi connectivity index (χ1) is 9.97. The first kappa shape index (κ1) is 16.8. The lowest BCUT2D eigenvalue weighted by Crippen LogP contribution is -2.34. The number of aryl methyl sites for hydroxylation is 3. The van der Waals surface area contributed by atoms with E-state index in [0.29, 0.717) is 5.69 Å². The van der Waals surface area contributed by atoms with Gasteiger partial charge in [-0.3, -0.25) is 4.79 Å². The summed E-state index contributed by atoms with van der Waals surface area (Å²) in [6.45, 7) is 6.16. The predicted octanol–water partition coefficient (Wildman–Crippen LogP) is 3.12. The maximum absolute atomic E-state index is 12.5. The van der Waals surface area contributed by atoms with Crippen LogP contribution in [0.25, 0.3) is 10.9 Å². The molecule has 1 heterocycles. The molecular formula is C17H24ClN3O. The van der Waals surface area contributed by atoms with E-state index in [9.17, 15) is 4.79 Å². The minimum atomic E-state index is -0.0124. The van der Waals surface area contributed by atoms with Crippen molar-refractivity contribution in [3.05, 3.63) is 34.5 Å². The Labute approximate surface area is 137 Å². The summed E-state index contributed by atoms with van der Waals surface area (Å²) in [7, 11) is 0. The van der Waals surface area contributed by atoms with E-state index in [2.05, 4.69) is 36.3 Å². The monoisotopic (exact) mass is 321 g/mol. The van der Waals surface area contributed by atoms with Crippen molar-refractivity contribution in [1.82, 2.24) is 10.3 Å². The van der Waals surface area contributed by atoms with E-state index in [4.69, 9.17) is 5.73 Å². The molecule has 1 aromatic carbocycles. The van der Waals surface area contributed by atoms with Gasteiger partial charge in [-0.05, 0) is 56.7 Å². The fourth-order valence-corrected chi connectivity index (χ4v) is 3.43. The molecule has 0 saturated heterocycles. The number of aromatic amines is 1. The number of carbonyl (C=O) groups excluding carboxylic acids is 1. The van der Waals surface area contributed by atoms with E-state index in [1.54, 1.807) is 0 Å². The maximum Gasteiger partial charge on any atom is 0.268 e. The van der Waals surface area contributed by atoms with E-state index < -0.39 is 0 Å². The Morgan fingerprint density at radius 2 is 1.91 bits per heavy atom. The summed E-state index contributed by atoms with van der Waals surface area (Å²) < 4.78 is 0. The van der Waals surface area contributed by atoms with Crippen LogP contribution in [0, 0.1) is 20.8 Å². The number of hydrogen-bond acceptors (Lipinski definition) is 2. The number of amides is 1. The average Bonchev–Trinajstić information content (AvgIpc) is 2.99. The van der Waals surface area contributed by atoms with Gasteiger partial charge in [-0.1, -0.05) is 12.1 Å². The number of nitrogens with two attached hydrogens (primary N) is 1. The highest BCUT2D eigenvalue weighted by Crippen LogP contribution is 2.28. The molecule has 4 N–H and O–H groups in total. The number of hydrogen-bond donors (Lipinski definition) is 3. The highest BCUT2D eigenvalue weighted by atomic mass is 35.5. The van der Waals surface area contributed by atoms with Crippen LogP contribution < -0.4 is 11.1 Å². The van der Waals surface area contributed by atoms with Gasteiger partial charge in [0.05, 0.1) is 0 Å². The van der Waals surface area contributed by atoms with E-state index in [1.165, 1.54) is 16.5 Å². The Morgan fingerprint density at radius 1 is 1.23 bits per heavy atom. The number of H-pyrrole nitrogens is 1. The first-order valence-electron chi connectivity index (χ1n) is 7.62. The van der Waals surface area contributed by atoms with Gasteiger partial charge in [0.2, 0.25) is 0 Å². The Kier molecular flexibility index (Phi) is 4.83. The lowest BCUT2D eigenvalue weighted by Gasteiger charge is -2.12. The molecule has 0 aliphatic heterocycles. The Bertz CT molecular complexity index is 707. The van der Waals surface area contributed by atoms with Crippen molar-refractivity contribution in [2.75, 3.05) is 0 Å². The van der Waals surface area contributed by atoms with Gasteiger partial charge in [0.1, 0.15) is 5.69 Å². The van der Waals surface area contributed by atoms with Gasteiger partial charge >= 0.3 is 0 Å². The fraction of sp³-hybridized carbons (Fsp3) is 0.471. The molecule has 1 saturated carbocycles. The molecule has 1 amide bonds. The minimum Gasteiger partial charge on any atom is -0.350 e. The molecule has 0 radical (unpaired) electrons. The molecule has 2 aromatic rings. The van der Waals surface area contributed by atoms with Crippen LogP contribution in [0.1, 0.15) is 46.4 Å². The second-order valence-corrected chi connectivity index (χ2v) is 6.32. The third-order valence-electron chi connectivity index (χ3n) is 4.66. The highest BCUT2D eigenvalue weighted by molar-refractivity contribution is 6.02. The van der Waals surface area contributed by atoms with Crippen LogP contribution in [0.15, 0.2) is 12.1 Å². The molecule has 1 fully saturated rings. The number of aromatic nitrogens is 1. The lowest BCUT2D eigenvalue weighted by molar-refractivity contribution is 0.0933. The van der Waals surface area contributed by atoms with Gasteiger partial charge in [-0.15, -0.1) is 12.4 Å². The zero-order valence-electron chi connectivity index (χ0n) is 13.3. The number of rotatable bonds is 2. The summed E-state index contributed by atoms with van der Waals surface area (Å²) in [6, 6.07) is 4.63. The van der Waals surface area contributed by atoms with Crippen LogP contribution in [0.3, 0.4) is 0 Å². The molecule has 0 unspecified atom stereocenters. The minimum absolute atomic E-state index is 0. The smallest absolute Gasteiger partial charge is 0.268 e. The van der Waals surface area contributed by atoms with Crippen LogP contribution in [0.2, 0.25) is 0 Å². The third kappa shape index (κ3) is 2.85. The third-order valence-corrected chi connectivity index (χ3v) is 4.66. The van der Waals surface area contributed by atoms with Gasteiger partial charge < -0.3 is 16.0 Å². The predicted molar refractivity (Wildman–Crippen MR) is 92.8 cm³/mol. The molecule has 3 rings (SSSR count). The number of fused-ring (bicyclic) bond motifs is 1. The van der Waals surface area contributed by atoms with Crippen molar-refractivity contribution in [3.8, 4) is 0 Å². The van der Waals surface area contributed by atoms with Crippen molar-refractivity contribution < 1.29 is 4.79 Å². The Hall–Kier alpha value is -1.52. The van der Waals surface area contributed by atoms with Crippen molar-refractivity contribution in [2.45, 2.75) is 52.1 Å². The summed E-state index contributed by atoms with van der Waals surface area (Å²) in [4.78, 5) is 15.9. The standard InChI is InChI=1S/C17H23N3O.ClH/c1-9-4-5-10(2)15-14(9)11(3)16(20-15)17(21)19-13-7-6-12(18)8-13;/h4-5,12-13,20H,6-8,18H2,1-3H3,(H,19,21);1H/t12-,13-;/m1./s1. The molecule has 0 spiro atoms. The van der Waals surface area contributed by atoms with Gasteiger partial charge in [-0.2, -0.15) is 0 Å². The van der Waals surface area contributed by atoms with Gasteiger partial charge in [0.25, 0.3) is 5.91 Å². The van der Waals surface area contributed by atoms with Crippen molar-refractivity contribution in [3.63, 3.8) is 0 Å². The van der Waals surface area contributed by atoms with Crippen molar-refractivity contribution in [1.29, 1.82) is 0 Å². The van der Waals surface area contributed by atoms with Crippen molar-refractivity contribution in [2.24, 2.45) is 5.73 Å². The SMILES string of the molecule is Cc1ccc(C)c2c(C)c(C(=O)N[C@@H]3CC[C@@H](N)C3)[nH]c12.Cl. The normalized spacial score (nSPS) is 20.9. The van der Waals surface area contributed by atoms with Gasteiger partial charge in [-0.25, -0.2) is 0 Å². The van der Waals surface area contributed by atoms with E-state index in [-0.39, 0.29) is 30.4 Å². The molecule has 4 nitrogen and oxygen atoms in total. The Morgan fingerprint density at radius 3 is 2.50 bits per heavy atom. The second-order valence-electron chi connectivity index (χ2n) is 6.32. The summed E-state index contributed by atoms with van der Waals surface area (Å²) >= 11 is 0. The average molecular weight is 322 g/mol. The number of halogens is 1. The highest BCUT2D eigenvalue weighted by Gasteiger charge is 2.25. The van der Waals surface area contributed by atoms with E-state index in [1.807, 2.05) is 6.92 Å². The van der Waals surface area contributed by atoms with Crippen LogP contribution >= 0.6 is 12.4 Å². The molecule has 5 heteroatoms. The maximum atomic E-state index is 12.5. The van der Waals surface area contributed by atoms with Gasteiger partial charge in [0, 0.05) is 23.0 Å². The topological polar surface area (TPSA) is 70.9 Å². The molecule has 2 atom stereocenters. The molecule has 120 valence electrons. The molecule has 1 aliphatic rings. The molecule has 1 aliphatic carbocycles. The van der Waals surface area contributed by atoms with E-state index in [0.717, 1.165) is 30.3 Å². The quantitative estimate of drug-likeness (QED) is 0.795. The first-order valence-corrected chi connectivity index (χ1v) is 7.62. The zero-order valence-corrected chi connectivity index (χ0v) is 14.1. The fourth-order valence-electron chi connectivity index (χ4n) is 3.43. The number of nitrogens with one attached hydrogen (secondary N) is 2. The number of carbonyl (C=O) groups is 1. The van der Waals surface area contributed by atoms with Crippen LogP contribution in [0.4, 0.5) is 0 Å². The molecule has 1 aromatic heterocycles. The van der Waals surface area contributed by atoms with Crippen LogP contribution in [0.5, 0.6) is 0 Å². The summed E-state index contributed by atoms with van der Waals surface area (Å²) in [5.74, 6) is -0.0124. The molecule has 0 bridgehead atoms. The van der Waals surface area contributed by atoms with E-state index >= 15 is 0 Å².